The Morgan fingerprint density at radius 3 is 2.46 bits per heavy atom. The maximum atomic E-state index is 5.76. The minimum atomic E-state index is 0.498. The van der Waals surface area contributed by atoms with E-state index in [0.717, 1.165) is 19.4 Å². The van der Waals surface area contributed by atoms with E-state index >= 15 is 0 Å². The van der Waals surface area contributed by atoms with E-state index in [2.05, 4.69) is 20.8 Å². The fraction of sp³-hybridized carbons (Fsp3) is 0.917. The summed E-state index contributed by atoms with van der Waals surface area (Å²) in [6.45, 7) is 9.20. The minimum absolute atomic E-state index is 0.498. The molecule has 1 nitrogen and oxygen atoms in total. The molecule has 1 atom stereocenters. The van der Waals surface area contributed by atoms with Crippen molar-refractivity contribution in [2.24, 2.45) is 0 Å². The number of hydrogen-bond acceptors (Lipinski definition) is 1. The second-order valence-electron chi connectivity index (χ2n) is 3.60. The summed E-state index contributed by atoms with van der Waals surface area (Å²) in [4.78, 5) is 0. The number of ether oxygens (including phenoxy) is 1. The Balaban J connectivity index is 3.28. The first-order valence-corrected chi connectivity index (χ1v) is 5.76. The second-order valence-corrected chi connectivity index (χ2v) is 3.60. The van der Waals surface area contributed by atoms with Gasteiger partial charge in [0.05, 0.1) is 6.10 Å². The standard InChI is InChI=1S/C12H25O/c1-4-7-9-10-12(6-3)13-11-8-5-2/h12H,1,4-11H2,2-3H3. The lowest BCUT2D eigenvalue weighted by atomic mass is 10.1. The summed E-state index contributed by atoms with van der Waals surface area (Å²) in [6.07, 6.45) is 8.88. The lowest BCUT2D eigenvalue weighted by molar-refractivity contribution is 0.0416. The van der Waals surface area contributed by atoms with Gasteiger partial charge in [0.1, 0.15) is 0 Å². The highest BCUT2D eigenvalue weighted by molar-refractivity contribution is 4.56. The first kappa shape index (κ1) is 13.0. The Hall–Kier alpha value is -0.0400. The summed E-state index contributed by atoms with van der Waals surface area (Å²) in [5.41, 5.74) is 0. The number of hydrogen-bond donors (Lipinski definition) is 0. The molecule has 0 bridgehead atoms. The van der Waals surface area contributed by atoms with Crippen LogP contribution >= 0.6 is 0 Å². The Morgan fingerprint density at radius 1 is 1.15 bits per heavy atom. The Kier molecular flexibility index (Phi) is 10.0. The molecular formula is C12H25O. The SMILES string of the molecule is [CH2]CCCCC(CC)OCCCC. The summed E-state index contributed by atoms with van der Waals surface area (Å²) in [7, 11) is 0. The van der Waals surface area contributed by atoms with Crippen molar-refractivity contribution in [1.82, 2.24) is 0 Å². The first-order valence-electron chi connectivity index (χ1n) is 5.76. The van der Waals surface area contributed by atoms with Crippen molar-refractivity contribution in [2.75, 3.05) is 6.61 Å². The van der Waals surface area contributed by atoms with Crippen molar-refractivity contribution in [2.45, 2.75) is 64.9 Å². The summed E-state index contributed by atoms with van der Waals surface area (Å²) < 4.78 is 5.76. The molecule has 1 heteroatoms. The quantitative estimate of drug-likeness (QED) is 0.494. The number of rotatable bonds is 9. The molecule has 0 heterocycles. The molecule has 0 rings (SSSR count). The molecule has 0 fully saturated rings. The van der Waals surface area contributed by atoms with Crippen LogP contribution in [0.25, 0.3) is 0 Å². The normalized spacial score (nSPS) is 13.2. The van der Waals surface area contributed by atoms with E-state index < -0.39 is 0 Å². The molecule has 0 saturated carbocycles. The van der Waals surface area contributed by atoms with Gasteiger partial charge in [-0.2, -0.15) is 0 Å². The first-order chi connectivity index (χ1) is 6.35. The monoisotopic (exact) mass is 185 g/mol. The second kappa shape index (κ2) is 10.0. The molecular weight excluding hydrogens is 160 g/mol. The van der Waals surface area contributed by atoms with Crippen LogP contribution < -0.4 is 0 Å². The van der Waals surface area contributed by atoms with Crippen LogP contribution in [0.2, 0.25) is 0 Å². The van der Waals surface area contributed by atoms with Crippen molar-refractivity contribution in [3.05, 3.63) is 6.92 Å². The summed E-state index contributed by atoms with van der Waals surface area (Å²) >= 11 is 0. The summed E-state index contributed by atoms with van der Waals surface area (Å²) in [6, 6.07) is 0. The van der Waals surface area contributed by atoms with Crippen molar-refractivity contribution in [3.8, 4) is 0 Å². The molecule has 0 aliphatic rings. The highest BCUT2D eigenvalue weighted by atomic mass is 16.5. The van der Waals surface area contributed by atoms with Gasteiger partial charge < -0.3 is 4.74 Å². The zero-order chi connectivity index (χ0) is 9.94. The smallest absolute Gasteiger partial charge is 0.0572 e. The van der Waals surface area contributed by atoms with Gasteiger partial charge in [-0.25, -0.2) is 0 Å². The molecule has 0 aromatic heterocycles. The maximum Gasteiger partial charge on any atom is 0.0572 e. The summed E-state index contributed by atoms with van der Waals surface area (Å²) in [5.74, 6) is 0. The van der Waals surface area contributed by atoms with E-state index in [0.29, 0.717) is 6.10 Å². The maximum absolute atomic E-state index is 5.76. The van der Waals surface area contributed by atoms with Crippen LogP contribution in [0.5, 0.6) is 0 Å². The van der Waals surface area contributed by atoms with Gasteiger partial charge in [-0.05, 0) is 19.3 Å². The lowest BCUT2D eigenvalue weighted by Crippen LogP contribution is -2.12. The van der Waals surface area contributed by atoms with Gasteiger partial charge >= 0.3 is 0 Å². The van der Waals surface area contributed by atoms with Crippen LogP contribution in [-0.2, 0) is 4.74 Å². The largest absolute Gasteiger partial charge is 0.378 e. The molecule has 0 amide bonds. The Bertz CT molecular complexity index is 81.1. The molecule has 0 aromatic carbocycles. The fourth-order valence-corrected chi connectivity index (χ4v) is 1.35. The predicted molar refractivity (Wildman–Crippen MR) is 58.8 cm³/mol. The molecule has 0 N–H and O–H groups in total. The molecule has 0 saturated heterocycles. The lowest BCUT2D eigenvalue weighted by Gasteiger charge is -2.15. The third kappa shape index (κ3) is 8.29. The van der Waals surface area contributed by atoms with Crippen LogP contribution in [0.3, 0.4) is 0 Å². The minimum Gasteiger partial charge on any atom is -0.378 e. The third-order valence-electron chi connectivity index (χ3n) is 2.33. The topological polar surface area (TPSA) is 9.23 Å². The van der Waals surface area contributed by atoms with Gasteiger partial charge in [-0.1, -0.05) is 46.5 Å². The Labute approximate surface area is 83.9 Å². The molecule has 0 aliphatic carbocycles. The van der Waals surface area contributed by atoms with Crippen molar-refractivity contribution >= 4 is 0 Å². The zero-order valence-electron chi connectivity index (χ0n) is 9.35. The van der Waals surface area contributed by atoms with Gasteiger partial charge in [0, 0.05) is 6.61 Å². The van der Waals surface area contributed by atoms with E-state index in [1.807, 2.05) is 0 Å². The molecule has 0 spiro atoms. The van der Waals surface area contributed by atoms with Gasteiger partial charge in [-0.3, -0.25) is 0 Å². The van der Waals surface area contributed by atoms with Gasteiger partial charge in [-0.15, -0.1) is 0 Å². The highest BCUT2D eigenvalue weighted by Gasteiger charge is 2.04. The zero-order valence-corrected chi connectivity index (χ0v) is 9.35. The van der Waals surface area contributed by atoms with E-state index in [1.54, 1.807) is 0 Å². The molecule has 0 aliphatic heterocycles. The van der Waals surface area contributed by atoms with Crippen molar-refractivity contribution in [3.63, 3.8) is 0 Å². The van der Waals surface area contributed by atoms with Gasteiger partial charge in [0.2, 0.25) is 0 Å². The van der Waals surface area contributed by atoms with Crippen molar-refractivity contribution in [1.29, 1.82) is 0 Å². The van der Waals surface area contributed by atoms with Crippen LogP contribution in [0.1, 0.15) is 58.8 Å². The van der Waals surface area contributed by atoms with Crippen LogP contribution in [0.4, 0.5) is 0 Å². The molecule has 1 unspecified atom stereocenters. The van der Waals surface area contributed by atoms with E-state index in [9.17, 15) is 0 Å². The number of unbranched alkanes of at least 4 members (excludes halogenated alkanes) is 3. The van der Waals surface area contributed by atoms with E-state index in [4.69, 9.17) is 4.74 Å². The predicted octanol–water partition coefficient (Wildman–Crippen LogP) is 3.98. The van der Waals surface area contributed by atoms with Gasteiger partial charge in [0.25, 0.3) is 0 Å². The highest BCUT2D eigenvalue weighted by Crippen LogP contribution is 2.10. The third-order valence-corrected chi connectivity index (χ3v) is 2.33. The average molecular weight is 185 g/mol. The van der Waals surface area contributed by atoms with E-state index in [1.165, 1.54) is 32.1 Å². The van der Waals surface area contributed by atoms with E-state index in [-0.39, 0.29) is 0 Å². The molecule has 79 valence electrons. The van der Waals surface area contributed by atoms with Crippen molar-refractivity contribution < 1.29 is 4.74 Å². The van der Waals surface area contributed by atoms with Crippen LogP contribution in [0, 0.1) is 6.92 Å². The van der Waals surface area contributed by atoms with Crippen LogP contribution in [-0.4, -0.2) is 12.7 Å². The van der Waals surface area contributed by atoms with Gasteiger partial charge in [0.15, 0.2) is 0 Å². The average Bonchev–Trinajstić information content (AvgIpc) is 2.16. The molecule has 0 aromatic rings. The summed E-state index contributed by atoms with van der Waals surface area (Å²) in [5, 5.41) is 0. The van der Waals surface area contributed by atoms with Crippen LogP contribution in [0.15, 0.2) is 0 Å². The molecule has 1 radical (unpaired) electrons. The fourth-order valence-electron chi connectivity index (χ4n) is 1.35. The molecule has 13 heavy (non-hydrogen) atoms. The Morgan fingerprint density at radius 2 is 1.92 bits per heavy atom.